The molecule has 188 valence electrons. The number of carbonyl (C=O) groups excluding carboxylic acids is 2. The van der Waals surface area contributed by atoms with Crippen LogP contribution in [-0.2, 0) is 16.0 Å². The Morgan fingerprint density at radius 3 is 2.24 bits per heavy atom. The molecule has 0 saturated heterocycles. The van der Waals surface area contributed by atoms with Crippen LogP contribution in [0.1, 0.15) is 49.7 Å². The van der Waals surface area contributed by atoms with E-state index < -0.39 is 36.3 Å². The second-order valence-electron chi connectivity index (χ2n) is 9.51. The van der Waals surface area contributed by atoms with Crippen molar-refractivity contribution in [1.82, 2.24) is 10.2 Å². The van der Waals surface area contributed by atoms with E-state index in [1.54, 1.807) is 0 Å². The molecule has 1 aromatic carbocycles. The van der Waals surface area contributed by atoms with Crippen molar-refractivity contribution in [3.05, 3.63) is 40.3 Å². The molecule has 2 amide bonds. The summed E-state index contributed by atoms with van der Waals surface area (Å²) < 4.78 is 52.5. The summed E-state index contributed by atoms with van der Waals surface area (Å²) in [4.78, 5) is 27.0. The van der Waals surface area contributed by atoms with Crippen LogP contribution in [0.15, 0.2) is 23.4 Å². The molecule has 4 N–H and O–H groups in total. The van der Waals surface area contributed by atoms with Crippen LogP contribution in [0.4, 0.5) is 23.2 Å². The highest BCUT2D eigenvalue weighted by atomic mass is 19.4. The van der Waals surface area contributed by atoms with Gasteiger partial charge in [0, 0.05) is 6.54 Å². The second-order valence-corrected chi connectivity index (χ2v) is 9.51. The first-order valence-corrected chi connectivity index (χ1v) is 11.5. The number of alkyl halides is 3. The number of nitrogens with one attached hydrogen (secondary N) is 2. The van der Waals surface area contributed by atoms with E-state index in [9.17, 15) is 22.8 Å². The van der Waals surface area contributed by atoms with Gasteiger partial charge >= 0.3 is 6.18 Å². The molecule has 10 heteroatoms. The number of hydrogen-bond acceptors (Lipinski definition) is 4. The molecule has 1 atom stereocenters. The molecule has 34 heavy (non-hydrogen) atoms. The summed E-state index contributed by atoms with van der Waals surface area (Å²) in [6.07, 6.45) is -0.117. The van der Waals surface area contributed by atoms with E-state index in [-0.39, 0.29) is 16.9 Å². The molecule has 2 fully saturated rings. The van der Waals surface area contributed by atoms with Gasteiger partial charge in [0.1, 0.15) is 12.4 Å². The minimum atomic E-state index is -4.55. The van der Waals surface area contributed by atoms with E-state index in [0.29, 0.717) is 30.4 Å². The van der Waals surface area contributed by atoms with E-state index in [4.69, 9.17) is 5.73 Å². The molecule has 0 aromatic heterocycles. The maximum absolute atomic E-state index is 15.0. The SMILES string of the molecule is C[C@H](C(=O)NCC(F)(F)F)c1cc(F)c(NC(=O)C(N)=C(C2CC2)C2CC2)cc1CCN(C)C. The van der Waals surface area contributed by atoms with Crippen molar-refractivity contribution in [1.29, 1.82) is 0 Å². The number of amides is 2. The summed E-state index contributed by atoms with van der Waals surface area (Å²) in [6.45, 7) is 0.518. The van der Waals surface area contributed by atoms with Crippen LogP contribution in [0, 0.1) is 17.7 Å². The molecule has 0 bridgehead atoms. The third kappa shape index (κ3) is 6.94. The summed E-state index contributed by atoms with van der Waals surface area (Å²) in [6, 6.07) is 2.56. The molecule has 0 radical (unpaired) electrons. The van der Waals surface area contributed by atoms with Gasteiger partial charge in [-0.3, -0.25) is 9.59 Å². The lowest BCUT2D eigenvalue weighted by Crippen LogP contribution is -2.36. The van der Waals surface area contributed by atoms with Gasteiger partial charge in [-0.15, -0.1) is 0 Å². The van der Waals surface area contributed by atoms with Gasteiger partial charge in [-0.05, 0) is 93.8 Å². The molecule has 2 aliphatic rings. The van der Waals surface area contributed by atoms with Crippen LogP contribution >= 0.6 is 0 Å². The van der Waals surface area contributed by atoms with Crippen LogP contribution in [0.3, 0.4) is 0 Å². The highest BCUT2D eigenvalue weighted by molar-refractivity contribution is 6.04. The van der Waals surface area contributed by atoms with Gasteiger partial charge < -0.3 is 21.3 Å². The Labute approximate surface area is 196 Å². The van der Waals surface area contributed by atoms with E-state index in [1.807, 2.05) is 24.3 Å². The van der Waals surface area contributed by atoms with Crippen molar-refractivity contribution in [3.63, 3.8) is 0 Å². The lowest BCUT2D eigenvalue weighted by Gasteiger charge is -2.20. The van der Waals surface area contributed by atoms with Crippen LogP contribution in [-0.4, -0.2) is 50.1 Å². The van der Waals surface area contributed by atoms with Crippen molar-refractivity contribution >= 4 is 17.5 Å². The maximum atomic E-state index is 15.0. The fourth-order valence-electron chi connectivity index (χ4n) is 4.06. The van der Waals surface area contributed by atoms with Crippen molar-refractivity contribution < 1.29 is 27.2 Å². The number of allylic oxidation sites excluding steroid dienone is 1. The molecule has 0 unspecified atom stereocenters. The van der Waals surface area contributed by atoms with Gasteiger partial charge in [-0.1, -0.05) is 0 Å². The molecule has 0 heterocycles. The highest BCUT2D eigenvalue weighted by Crippen LogP contribution is 2.49. The summed E-state index contributed by atoms with van der Waals surface area (Å²) in [5, 5.41) is 4.41. The van der Waals surface area contributed by atoms with E-state index in [1.165, 1.54) is 13.0 Å². The predicted molar refractivity (Wildman–Crippen MR) is 121 cm³/mol. The average Bonchev–Trinajstić information content (AvgIpc) is 3.66. The van der Waals surface area contributed by atoms with Gasteiger partial charge in [0.05, 0.1) is 17.3 Å². The summed E-state index contributed by atoms with van der Waals surface area (Å²) in [5.74, 6) is -2.55. The quantitative estimate of drug-likeness (QED) is 0.349. The number of rotatable bonds is 10. The Kier molecular flexibility index (Phi) is 7.90. The lowest BCUT2D eigenvalue weighted by molar-refractivity contribution is -0.139. The first-order chi connectivity index (χ1) is 15.9. The molecule has 1 aromatic rings. The molecule has 6 nitrogen and oxygen atoms in total. The van der Waals surface area contributed by atoms with Crippen molar-refractivity contribution in [2.75, 3.05) is 32.5 Å². The third-order valence-corrected chi connectivity index (χ3v) is 6.22. The zero-order valence-corrected chi connectivity index (χ0v) is 19.7. The molecule has 3 rings (SSSR count). The number of nitrogens with two attached hydrogens (primary N) is 1. The Balaban J connectivity index is 1.84. The topological polar surface area (TPSA) is 87.5 Å². The molecule has 2 aliphatic carbocycles. The minimum Gasteiger partial charge on any atom is -0.394 e. The zero-order valence-electron chi connectivity index (χ0n) is 19.7. The van der Waals surface area contributed by atoms with E-state index in [2.05, 4.69) is 5.32 Å². The van der Waals surface area contributed by atoms with Crippen LogP contribution in [0.2, 0.25) is 0 Å². The monoisotopic (exact) mass is 484 g/mol. The van der Waals surface area contributed by atoms with Gasteiger partial charge in [0.2, 0.25) is 5.91 Å². The number of halogens is 4. The number of anilines is 1. The largest absolute Gasteiger partial charge is 0.405 e. The van der Waals surface area contributed by atoms with Gasteiger partial charge in [-0.2, -0.15) is 13.2 Å². The Morgan fingerprint density at radius 1 is 1.15 bits per heavy atom. The fourth-order valence-corrected chi connectivity index (χ4v) is 4.06. The van der Waals surface area contributed by atoms with Gasteiger partial charge in [0.15, 0.2) is 0 Å². The number of nitrogens with zero attached hydrogens (tertiary/aromatic N) is 1. The van der Waals surface area contributed by atoms with E-state index in [0.717, 1.165) is 37.3 Å². The molecular formula is C24H32F4N4O2. The summed E-state index contributed by atoms with van der Waals surface area (Å²) in [7, 11) is 3.68. The summed E-state index contributed by atoms with van der Waals surface area (Å²) in [5.41, 5.74) is 8.04. The molecular weight excluding hydrogens is 452 g/mol. The minimum absolute atomic E-state index is 0.0701. The average molecular weight is 485 g/mol. The molecule has 0 aliphatic heterocycles. The Morgan fingerprint density at radius 2 is 1.74 bits per heavy atom. The molecule has 0 spiro atoms. The zero-order chi connectivity index (χ0) is 25.2. The fraction of sp³-hybridized carbons (Fsp3) is 0.583. The smallest absolute Gasteiger partial charge is 0.394 e. The molecule has 2 saturated carbocycles. The Hall–Kier alpha value is -2.62. The van der Waals surface area contributed by atoms with E-state index >= 15 is 4.39 Å². The number of likely N-dealkylation sites (N-methyl/N-ethyl adjacent to an activating group) is 1. The van der Waals surface area contributed by atoms with Gasteiger partial charge in [0.25, 0.3) is 5.91 Å². The Bertz CT molecular complexity index is 952. The van der Waals surface area contributed by atoms with Crippen LogP contribution < -0.4 is 16.4 Å². The number of benzene rings is 1. The van der Waals surface area contributed by atoms with Crippen LogP contribution in [0.5, 0.6) is 0 Å². The van der Waals surface area contributed by atoms with Crippen molar-refractivity contribution in [3.8, 4) is 0 Å². The van der Waals surface area contributed by atoms with Crippen molar-refractivity contribution in [2.24, 2.45) is 17.6 Å². The number of carbonyl (C=O) groups is 2. The highest BCUT2D eigenvalue weighted by Gasteiger charge is 2.39. The first kappa shape index (κ1) is 26.0. The normalized spacial score (nSPS) is 16.8. The number of hydrogen-bond donors (Lipinski definition) is 3. The first-order valence-electron chi connectivity index (χ1n) is 11.5. The lowest BCUT2D eigenvalue weighted by atomic mass is 9.92. The maximum Gasteiger partial charge on any atom is 0.405 e. The predicted octanol–water partition coefficient (Wildman–Crippen LogP) is 3.68. The standard InChI is InChI=1S/C24H32F4N4O2/c1-13(22(33)30-12-24(26,27)28)17-11-18(25)19(10-16(17)8-9-32(2)3)31-23(34)21(29)20(14-4-5-14)15-6-7-15/h10-11,13-15H,4-9,12,29H2,1-3H3,(H,30,33)(H,31,34)/t13-/m0/s1. The van der Waals surface area contributed by atoms with Gasteiger partial charge in [-0.25, -0.2) is 4.39 Å². The second kappa shape index (κ2) is 10.3. The van der Waals surface area contributed by atoms with Crippen LogP contribution in [0.25, 0.3) is 0 Å². The third-order valence-electron chi connectivity index (χ3n) is 6.22. The van der Waals surface area contributed by atoms with Crippen molar-refractivity contribution in [2.45, 2.75) is 51.1 Å². The summed E-state index contributed by atoms with van der Waals surface area (Å²) >= 11 is 0.